The van der Waals surface area contributed by atoms with Crippen LogP contribution in [0.4, 0.5) is 5.69 Å². The van der Waals surface area contributed by atoms with Gasteiger partial charge in [-0.25, -0.2) is 0 Å². The number of carbonyl (C=O) groups excluding carboxylic acids is 4. The molecule has 1 aliphatic heterocycles. The fraction of sp³-hybridized carbons (Fsp3) is 0.400. The Morgan fingerprint density at radius 1 is 1.26 bits per heavy atom. The molecule has 1 fully saturated rings. The molecule has 2 rings (SSSR count). The van der Waals surface area contributed by atoms with Gasteiger partial charge in [-0.2, -0.15) is 0 Å². The second kappa shape index (κ2) is 9.37. The highest BCUT2D eigenvalue weighted by atomic mass is 16.6. The molecule has 0 saturated carbocycles. The van der Waals surface area contributed by atoms with E-state index in [1.165, 1.54) is 38.1 Å². The minimum atomic E-state index is -1.39. The molecule has 3 N–H and O–H groups in total. The minimum absolute atomic E-state index is 0.0443. The molecule has 0 spiro atoms. The average Bonchev–Trinajstić information content (AvgIpc) is 2.67. The molecule has 1 aliphatic rings. The van der Waals surface area contributed by atoms with Crippen molar-refractivity contribution in [3.05, 3.63) is 51.7 Å². The zero-order valence-corrected chi connectivity index (χ0v) is 17.6. The van der Waals surface area contributed by atoms with Crippen LogP contribution in [0.1, 0.15) is 38.1 Å². The number of piperazine rings is 1. The highest BCUT2D eigenvalue weighted by molar-refractivity contribution is 6.05. The van der Waals surface area contributed by atoms with E-state index in [1.807, 2.05) is 13.8 Å². The van der Waals surface area contributed by atoms with Crippen molar-refractivity contribution in [2.24, 2.45) is 5.92 Å². The number of rotatable bonds is 7. The molecule has 0 aromatic heterocycles. The molecule has 0 bridgehead atoms. The minimum Gasteiger partial charge on any atom is -0.456 e. The molecule has 1 heterocycles. The standard InChI is InChI=1S/C20H24N4O7/c1-11(2)9-14-18(27)23-16(19(28)22-14)20(3,4)31-15(25)10-21-17(26)12-5-7-13(8-6-12)24(29)30/h5-9,11,16H,10H2,1-4H3,(H,21,26)(H,22,28)(H,23,27)/b14-9-. The predicted molar refractivity (Wildman–Crippen MR) is 109 cm³/mol. The Kier molecular flexibility index (Phi) is 7.11. The number of hydrogen-bond donors (Lipinski definition) is 3. The molecule has 11 nitrogen and oxygen atoms in total. The lowest BCUT2D eigenvalue weighted by Crippen LogP contribution is -2.64. The number of nitrogens with zero attached hydrogens (tertiary/aromatic N) is 1. The van der Waals surface area contributed by atoms with Gasteiger partial charge in [-0.1, -0.05) is 19.9 Å². The van der Waals surface area contributed by atoms with Crippen molar-refractivity contribution < 1.29 is 28.8 Å². The molecular weight excluding hydrogens is 408 g/mol. The first-order valence-corrected chi connectivity index (χ1v) is 9.48. The molecule has 11 heteroatoms. The maximum atomic E-state index is 12.4. The summed E-state index contributed by atoms with van der Waals surface area (Å²) >= 11 is 0. The van der Waals surface area contributed by atoms with E-state index in [2.05, 4.69) is 16.0 Å². The quantitative estimate of drug-likeness (QED) is 0.249. The van der Waals surface area contributed by atoms with E-state index in [1.54, 1.807) is 6.08 Å². The van der Waals surface area contributed by atoms with Crippen molar-refractivity contribution >= 4 is 29.4 Å². The monoisotopic (exact) mass is 432 g/mol. The van der Waals surface area contributed by atoms with E-state index < -0.39 is 46.8 Å². The summed E-state index contributed by atoms with van der Waals surface area (Å²) in [4.78, 5) is 59.0. The third kappa shape index (κ3) is 6.11. The highest BCUT2D eigenvalue weighted by Crippen LogP contribution is 2.19. The summed E-state index contributed by atoms with van der Waals surface area (Å²) in [5.74, 6) is -2.43. The Labute approximate surface area is 178 Å². The molecule has 1 saturated heterocycles. The zero-order chi connectivity index (χ0) is 23.3. The zero-order valence-electron chi connectivity index (χ0n) is 17.6. The van der Waals surface area contributed by atoms with Gasteiger partial charge in [-0.15, -0.1) is 0 Å². The number of ether oxygens (including phenoxy) is 1. The first-order chi connectivity index (χ1) is 14.4. The number of non-ortho nitro benzene ring substituents is 1. The van der Waals surface area contributed by atoms with Crippen molar-refractivity contribution in [2.45, 2.75) is 39.3 Å². The lowest BCUT2D eigenvalue weighted by Gasteiger charge is -2.36. The lowest BCUT2D eigenvalue weighted by atomic mass is 9.95. The average molecular weight is 432 g/mol. The molecular formula is C20H24N4O7. The number of carbonyl (C=O) groups is 4. The molecule has 166 valence electrons. The Balaban J connectivity index is 1.95. The van der Waals surface area contributed by atoms with Gasteiger partial charge in [-0.3, -0.25) is 29.3 Å². The van der Waals surface area contributed by atoms with Crippen molar-refractivity contribution in [1.82, 2.24) is 16.0 Å². The molecule has 31 heavy (non-hydrogen) atoms. The van der Waals surface area contributed by atoms with Gasteiger partial charge in [0.1, 0.15) is 23.9 Å². The van der Waals surface area contributed by atoms with Crippen LogP contribution in [0.2, 0.25) is 0 Å². The van der Waals surface area contributed by atoms with Crippen LogP contribution < -0.4 is 16.0 Å². The van der Waals surface area contributed by atoms with Crippen LogP contribution in [0.25, 0.3) is 0 Å². The van der Waals surface area contributed by atoms with Crippen LogP contribution in [0, 0.1) is 16.0 Å². The highest BCUT2D eigenvalue weighted by Gasteiger charge is 2.43. The first-order valence-electron chi connectivity index (χ1n) is 9.48. The second-order valence-electron chi connectivity index (χ2n) is 7.78. The summed E-state index contributed by atoms with van der Waals surface area (Å²) in [6.45, 7) is 6.14. The number of nitro benzene ring substituents is 1. The Morgan fingerprint density at radius 3 is 2.42 bits per heavy atom. The number of esters is 1. The van der Waals surface area contributed by atoms with Crippen LogP contribution in [0.15, 0.2) is 36.0 Å². The fourth-order valence-electron chi connectivity index (χ4n) is 2.85. The number of hydrogen-bond acceptors (Lipinski definition) is 7. The van der Waals surface area contributed by atoms with Gasteiger partial charge >= 0.3 is 5.97 Å². The van der Waals surface area contributed by atoms with Gasteiger partial charge in [0.15, 0.2) is 0 Å². The van der Waals surface area contributed by atoms with E-state index in [0.29, 0.717) is 0 Å². The van der Waals surface area contributed by atoms with E-state index in [9.17, 15) is 29.3 Å². The summed E-state index contributed by atoms with van der Waals surface area (Å²) in [5.41, 5.74) is -1.30. The fourth-order valence-corrected chi connectivity index (χ4v) is 2.85. The maximum Gasteiger partial charge on any atom is 0.326 e. The van der Waals surface area contributed by atoms with Crippen molar-refractivity contribution in [3.63, 3.8) is 0 Å². The molecule has 1 atom stereocenters. The van der Waals surface area contributed by atoms with Crippen LogP contribution in [0.3, 0.4) is 0 Å². The first kappa shape index (κ1) is 23.5. The second-order valence-corrected chi connectivity index (χ2v) is 7.78. The third-order valence-corrected chi connectivity index (χ3v) is 4.35. The molecule has 3 amide bonds. The molecule has 0 radical (unpaired) electrons. The van der Waals surface area contributed by atoms with Crippen LogP contribution >= 0.6 is 0 Å². The SMILES string of the molecule is CC(C)/C=C1\NC(=O)C(C(C)(C)OC(=O)CNC(=O)c2ccc([N+](=O)[O-])cc2)NC1=O. The van der Waals surface area contributed by atoms with E-state index >= 15 is 0 Å². The van der Waals surface area contributed by atoms with Gasteiger partial charge in [0.05, 0.1) is 4.92 Å². The Morgan fingerprint density at radius 2 is 1.87 bits per heavy atom. The smallest absolute Gasteiger partial charge is 0.326 e. The van der Waals surface area contributed by atoms with Gasteiger partial charge in [0.25, 0.3) is 23.4 Å². The summed E-state index contributed by atoms with van der Waals surface area (Å²) in [6.07, 6.45) is 1.61. The topological polar surface area (TPSA) is 157 Å². The Hall–Kier alpha value is -3.76. The molecule has 1 aromatic rings. The van der Waals surface area contributed by atoms with Gasteiger partial charge in [-0.05, 0) is 31.9 Å². The number of benzene rings is 1. The van der Waals surface area contributed by atoms with Crippen LogP contribution in [-0.2, 0) is 19.1 Å². The van der Waals surface area contributed by atoms with E-state index in [-0.39, 0.29) is 22.9 Å². The largest absolute Gasteiger partial charge is 0.456 e. The third-order valence-electron chi connectivity index (χ3n) is 4.35. The van der Waals surface area contributed by atoms with Crippen LogP contribution in [0.5, 0.6) is 0 Å². The number of nitro groups is 1. The van der Waals surface area contributed by atoms with Gasteiger partial charge < -0.3 is 20.7 Å². The normalized spacial score (nSPS) is 17.7. The molecule has 1 aromatic carbocycles. The number of amides is 3. The lowest BCUT2D eigenvalue weighted by molar-refractivity contribution is -0.384. The van der Waals surface area contributed by atoms with Crippen molar-refractivity contribution in [1.29, 1.82) is 0 Å². The number of allylic oxidation sites excluding steroid dienone is 1. The molecule has 1 unspecified atom stereocenters. The van der Waals surface area contributed by atoms with Gasteiger partial charge in [0, 0.05) is 17.7 Å². The molecule has 0 aliphatic carbocycles. The number of nitrogens with one attached hydrogen (secondary N) is 3. The Bertz CT molecular complexity index is 935. The summed E-state index contributed by atoms with van der Waals surface area (Å²) in [7, 11) is 0. The summed E-state index contributed by atoms with van der Waals surface area (Å²) in [6, 6.07) is 3.73. The van der Waals surface area contributed by atoms with E-state index in [0.717, 1.165) is 0 Å². The van der Waals surface area contributed by atoms with Crippen molar-refractivity contribution in [2.75, 3.05) is 6.54 Å². The van der Waals surface area contributed by atoms with Gasteiger partial charge in [0.2, 0.25) is 0 Å². The predicted octanol–water partition coefficient (Wildman–Crippen LogP) is 0.801. The van der Waals surface area contributed by atoms with Crippen molar-refractivity contribution in [3.8, 4) is 0 Å². The summed E-state index contributed by atoms with van der Waals surface area (Å²) < 4.78 is 5.31. The summed E-state index contributed by atoms with van der Waals surface area (Å²) in [5, 5.41) is 18.0. The van der Waals surface area contributed by atoms with E-state index in [4.69, 9.17) is 4.74 Å². The maximum absolute atomic E-state index is 12.4. The van der Waals surface area contributed by atoms with Crippen LogP contribution in [-0.4, -0.2) is 46.8 Å².